The van der Waals surface area contributed by atoms with Crippen LogP contribution in [0.5, 0.6) is 0 Å². The van der Waals surface area contributed by atoms with Crippen LogP contribution in [0.25, 0.3) is 0 Å². The number of thiophene rings is 2. The first-order valence-corrected chi connectivity index (χ1v) is 13.7. The Morgan fingerprint density at radius 3 is 2.59 bits per heavy atom. The summed E-state index contributed by atoms with van der Waals surface area (Å²) in [5.74, 6) is 0. The van der Waals surface area contributed by atoms with E-state index in [4.69, 9.17) is 0 Å². The van der Waals surface area contributed by atoms with Gasteiger partial charge >= 0.3 is 0 Å². The van der Waals surface area contributed by atoms with E-state index in [-0.39, 0.29) is 8.42 Å². The molecule has 1 aromatic carbocycles. The minimum atomic E-state index is -3.72. The Hall–Kier alpha value is -1.88. The quantitative estimate of drug-likeness (QED) is 0.584. The summed E-state index contributed by atoms with van der Waals surface area (Å²) in [6.07, 6.45) is 2.25. The van der Waals surface area contributed by atoms with Crippen molar-refractivity contribution in [1.29, 1.82) is 0 Å². The SMILES string of the molecule is CCc1ccc(S(=O)(=O)Nc2ccc3c(c2)N(S(=O)(=O)c2cccs2)CCC3)s1. The molecule has 6 nitrogen and oxygen atoms in total. The van der Waals surface area contributed by atoms with E-state index >= 15 is 0 Å². The van der Waals surface area contributed by atoms with Crippen molar-refractivity contribution in [2.45, 2.75) is 34.6 Å². The molecule has 4 rings (SSSR count). The second kappa shape index (κ2) is 7.75. The lowest BCUT2D eigenvalue weighted by Crippen LogP contribution is -2.35. The number of hydrogen-bond acceptors (Lipinski definition) is 6. The van der Waals surface area contributed by atoms with E-state index in [0.29, 0.717) is 17.9 Å². The monoisotopic (exact) mass is 468 g/mol. The lowest BCUT2D eigenvalue weighted by atomic mass is 10.0. The molecule has 1 aliphatic heterocycles. The van der Waals surface area contributed by atoms with Gasteiger partial charge in [-0.3, -0.25) is 9.03 Å². The van der Waals surface area contributed by atoms with Crippen LogP contribution >= 0.6 is 22.7 Å². The molecule has 3 heterocycles. The summed E-state index contributed by atoms with van der Waals surface area (Å²) in [5, 5.41) is 1.73. The standard InChI is InChI=1S/C19H20N2O4S4/c1-2-16-9-10-19(27-16)28(22,23)20-15-8-7-14-5-3-11-21(17(14)13-15)29(24,25)18-6-4-12-26-18/h4,6-10,12-13,20H,2-3,5,11H2,1H3. The van der Waals surface area contributed by atoms with Crippen molar-refractivity contribution in [1.82, 2.24) is 0 Å². The van der Waals surface area contributed by atoms with Crippen molar-refractivity contribution in [3.8, 4) is 0 Å². The van der Waals surface area contributed by atoms with Gasteiger partial charge in [-0.2, -0.15) is 0 Å². The van der Waals surface area contributed by atoms with Crippen molar-refractivity contribution in [2.75, 3.05) is 15.6 Å². The fourth-order valence-corrected chi connectivity index (χ4v) is 8.25. The van der Waals surface area contributed by atoms with Crippen LogP contribution in [0.1, 0.15) is 23.8 Å². The summed E-state index contributed by atoms with van der Waals surface area (Å²) in [6, 6.07) is 11.8. The molecule has 29 heavy (non-hydrogen) atoms. The number of benzene rings is 1. The Morgan fingerprint density at radius 2 is 1.90 bits per heavy atom. The summed E-state index contributed by atoms with van der Waals surface area (Å²) < 4.78 is 56.1. The first-order chi connectivity index (χ1) is 13.8. The summed E-state index contributed by atoms with van der Waals surface area (Å²) in [7, 11) is -7.39. The molecule has 0 radical (unpaired) electrons. The van der Waals surface area contributed by atoms with Crippen molar-refractivity contribution in [3.63, 3.8) is 0 Å². The Morgan fingerprint density at radius 1 is 1.07 bits per heavy atom. The van der Waals surface area contributed by atoms with Gasteiger partial charge in [-0.1, -0.05) is 19.1 Å². The second-order valence-corrected chi connectivity index (χ2v) is 12.8. The first-order valence-electron chi connectivity index (χ1n) is 9.12. The van der Waals surface area contributed by atoms with Gasteiger partial charge in [0.05, 0.1) is 11.4 Å². The molecule has 0 bridgehead atoms. The summed E-state index contributed by atoms with van der Waals surface area (Å²) in [5.41, 5.74) is 1.78. The molecule has 3 aromatic rings. The highest BCUT2D eigenvalue weighted by Crippen LogP contribution is 2.36. The largest absolute Gasteiger partial charge is 0.279 e. The number of rotatable bonds is 6. The van der Waals surface area contributed by atoms with Crippen molar-refractivity contribution < 1.29 is 16.8 Å². The Kier molecular flexibility index (Phi) is 5.45. The fourth-order valence-electron chi connectivity index (χ4n) is 3.27. The Labute approximate surface area is 178 Å². The first kappa shape index (κ1) is 20.4. The van der Waals surface area contributed by atoms with E-state index in [1.165, 1.54) is 27.0 Å². The predicted molar refractivity (Wildman–Crippen MR) is 118 cm³/mol. The van der Waals surface area contributed by atoms with Crippen LogP contribution in [-0.2, 0) is 32.9 Å². The van der Waals surface area contributed by atoms with Crippen LogP contribution in [0.3, 0.4) is 0 Å². The lowest BCUT2D eigenvalue weighted by molar-refractivity contribution is 0.588. The molecule has 0 amide bonds. The summed E-state index contributed by atoms with van der Waals surface area (Å²) in [4.78, 5) is 0.990. The number of fused-ring (bicyclic) bond motifs is 1. The minimum absolute atomic E-state index is 0.245. The van der Waals surface area contributed by atoms with Gasteiger partial charge in [-0.15, -0.1) is 22.7 Å². The number of hydrogen-bond donors (Lipinski definition) is 1. The highest BCUT2D eigenvalue weighted by atomic mass is 32.3. The maximum atomic E-state index is 13.1. The summed E-state index contributed by atoms with van der Waals surface area (Å²) >= 11 is 2.41. The fraction of sp³-hybridized carbons (Fsp3) is 0.263. The maximum absolute atomic E-state index is 13.1. The third kappa shape index (κ3) is 3.94. The Balaban J connectivity index is 1.69. The van der Waals surface area contributed by atoms with Crippen molar-refractivity contribution in [3.05, 3.63) is 58.3 Å². The molecule has 1 N–H and O–H groups in total. The van der Waals surface area contributed by atoms with E-state index in [2.05, 4.69) is 4.72 Å². The molecule has 0 saturated heterocycles. The zero-order chi connectivity index (χ0) is 20.6. The van der Waals surface area contributed by atoms with Gasteiger partial charge in [0, 0.05) is 11.4 Å². The molecular formula is C19H20N2O4S4. The van der Waals surface area contributed by atoms with E-state index < -0.39 is 20.0 Å². The van der Waals surface area contributed by atoms with Crippen molar-refractivity contribution in [2.24, 2.45) is 0 Å². The molecule has 0 fully saturated rings. The highest BCUT2D eigenvalue weighted by molar-refractivity contribution is 7.95. The predicted octanol–water partition coefficient (Wildman–Crippen LogP) is 4.31. The molecule has 154 valence electrons. The van der Waals surface area contributed by atoms with E-state index in [0.717, 1.165) is 29.7 Å². The summed E-state index contributed by atoms with van der Waals surface area (Å²) in [6.45, 7) is 2.34. The smallest absolute Gasteiger partial charge is 0.273 e. The van der Waals surface area contributed by atoms with E-state index in [1.54, 1.807) is 47.8 Å². The highest BCUT2D eigenvalue weighted by Gasteiger charge is 2.30. The Bertz CT molecular complexity index is 1230. The van der Waals surface area contributed by atoms with Gasteiger partial charge in [0.2, 0.25) is 0 Å². The van der Waals surface area contributed by atoms with Crippen LogP contribution in [-0.4, -0.2) is 23.4 Å². The molecule has 1 aliphatic rings. The molecule has 0 saturated carbocycles. The van der Waals surface area contributed by atoms with Crippen LogP contribution in [0.15, 0.2) is 56.3 Å². The number of anilines is 2. The second-order valence-electron chi connectivity index (χ2n) is 6.64. The zero-order valence-corrected chi connectivity index (χ0v) is 18.9. The van der Waals surface area contributed by atoms with Gasteiger partial charge < -0.3 is 0 Å². The van der Waals surface area contributed by atoms with Crippen molar-refractivity contribution >= 4 is 54.1 Å². The average Bonchev–Trinajstić information content (AvgIpc) is 3.39. The molecule has 0 spiro atoms. The number of nitrogens with one attached hydrogen (secondary N) is 1. The van der Waals surface area contributed by atoms with Gasteiger partial charge in [-0.05, 0) is 60.5 Å². The van der Waals surface area contributed by atoms with Crippen LogP contribution < -0.4 is 9.03 Å². The van der Waals surface area contributed by atoms with Crippen LogP contribution in [0.2, 0.25) is 0 Å². The zero-order valence-electron chi connectivity index (χ0n) is 15.7. The molecular weight excluding hydrogens is 448 g/mol. The third-order valence-electron chi connectivity index (χ3n) is 4.70. The molecule has 0 aliphatic carbocycles. The average molecular weight is 469 g/mol. The number of nitrogens with zero attached hydrogens (tertiary/aromatic N) is 1. The van der Waals surface area contributed by atoms with Crippen LogP contribution in [0, 0.1) is 0 Å². The van der Waals surface area contributed by atoms with Gasteiger partial charge in [0.1, 0.15) is 8.42 Å². The maximum Gasteiger partial charge on any atom is 0.273 e. The van der Waals surface area contributed by atoms with Gasteiger partial charge in [0.25, 0.3) is 20.0 Å². The normalized spacial score (nSPS) is 14.6. The van der Waals surface area contributed by atoms with E-state index in [9.17, 15) is 16.8 Å². The molecule has 10 heteroatoms. The molecule has 0 unspecified atom stereocenters. The van der Waals surface area contributed by atoms with E-state index in [1.807, 2.05) is 6.92 Å². The van der Waals surface area contributed by atoms with Gasteiger partial charge in [0.15, 0.2) is 0 Å². The van der Waals surface area contributed by atoms with Crippen LogP contribution in [0.4, 0.5) is 11.4 Å². The van der Waals surface area contributed by atoms with Gasteiger partial charge in [-0.25, -0.2) is 16.8 Å². The molecule has 0 atom stereocenters. The molecule has 2 aromatic heterocycles. The third-order valence-corrected chi connectivity index (χ3v) is 11.0. The minimum Gasteiger partial charge on any atom is -0.279 e. The number of sulfonamides is 2. The number of aryl methyl sites for hydroxylation is 2. The topological polar surface area (TPSA) is 83.6 Å². The lowest BCUT2D eigenvalue weighted by Gasteiger charge is -2.30.